The number of imidazole rings is 1. The molecule has 4 heterocycles. The Balaban J connectivity index is 1.35. The summed E-state index contributed by atoms with van der Waals surface area (Å²) in [5.74, 6) is 0.260. The Morgan fingerprint density at radius 2 is 2.04 bits per heavy atom. The van der Waals surface area contributed by atoms with Crippen molar-refractivity contribution in [3.63, 3.8) is 0 Å². The summed E-state index contributed by atoms with van der Waals surface area (Å²) in [6, 6.07) is 6.08. The zero-order chi connectivity index (χ0) is 18.0. The number of aromatic nitrogens is 2. The largest absolute Gasteiger partial charge is 0.396 e. The second kappa shape index (κ2) is 7.37. The van der Waals surface area contributed by atoms with Gasteiger partial charge in [0.15, 0.2) is 0 Å². The molecule has 4 rings (SSSR count). The van der Waals surface area contributed by atoms with E-state index in [2.05, 4.69) is 15.5 Å². The zero-order valence-corrected chi connectivity index (χ0v) is 15.3. The van der Waals surface area contributed by atoms with Gasteiger partial charge < -0.3 is 14.4 Å². The van der Waals surface area contributed by atoms with E-state index >= 15 is 0 Å². The van der Waals surface area contributed by atoms with Crippen molar-refractivity contribution in [1.82, 2.24) is 19.2 Å². The summed E-state index contributed by atoms with van der Waals surface area (Å²) in [7, 11) is 0. The smallest absolute Gasteiger partial charge is 0.222 e. The van der Waals surface area contributed by atoms with Crippen molar-refractivity contribution < 1.29 is 9.90 Å². The number of fused-ring (bicyclic) bond motifs is 1. The molecule has 26 heavy (non-hydrogen) atoms. The molecule has 1 amide bonds. The number of hydrogen-bond acceptors (Lipinski definition) is 4. The molecule has 140 valence electrons. The minimum Gasteiger partial charge on any atom is -0.396 e. The lowest BCUT2D eigenvalue weighted by Crippen LogP contribution is -2.51. The number of likely N-dealkylation sites (tertiary alicyclic amines) is 2. The van der Waals surface area contributed by atoms with Crippen molar-refractivity contribution in [1.29, 1.82) is 0 Å². The first kappa shape index (κ1) is 17.5. The fourth-order valence-corrected chi connectivity index (χ4v) is 4.45. The van der Waals surface area contributed by atoms with Gasteiger partial charge in [0.05, 0.1) is 5.69 Å². The minimum absolute atomic E-state index is 0.156. The van der Waals surface area contributed by atoms with Gasteiger partial charge in [0.1, 0.15) is 5.65 Å². The van der Waals surface area contributed by atoms with Crippen molar-refractivity contribution in [3.05, 3.63) is 36.3 Å². The first-order valence-corrected chi connectivity index (χ1v) is 9.71. The van der Waals surface area contributed by atoms with Gasteiger partial charge in [-0.3, -0.25) is 9.69 Å². The summed E-state index contributed by atoms with van der Waals surface area (Å²) in [6.45, 7) is 4.75. The molecule has 0 aliphatic carbocycles. The topological polar surface area (TPSA) is 61.1 Å². The Bertz CT molecular complexity index is 731. The molecule has 0 bridgehead atoms. The predicted octanol–water partition coefficient (Wildman–Crippen LogP) is 1.92. The molecule has 2 fully saturated rings. The number of aliphatic hydroxyl groups is 1. The zero-order valence-electron chi connectivity index (χ0n) is 15.3. The third-order valence-electron chi connectivity index (χ3n) is 6.05. The summed E-state index contributed by atoms with van der Waals surface area (Å²) < 4.78 is 2.08. The molecule has 2 saturated heterocycles. The second-order valence-electron chi connectivity index (χ2n) is 7.87. The molecule has 0 radical (unpaired) electrons. The highest BCUT2D eigenvalue weighted by atomic mass is 16.3. The van der Waals surface area contributed by atoms with Gasteiger partial charge in [0.25, 0.3) is 0 Å². The Morgan fingerprint density at radius 3 is 2.81 bits per heavy atom. The van der Waals surface area contributed by atoms with Crippen LogP contribution in [0.5, 0.6) is 0 Å². The molecule has 2 aliphatic heterocycles. The number of piperidine rings is 2. The van der Waals surface area contributed by atoms with Gasteiger partial charge in [-0.2, -0.15) is 0 Å². The third kappa shape index (κ3) is 3.62. The standard InChI is InChI=1S/C20H28N4O2/c25-13-3-10-24-16-20(6-5-19(24)26)7-11-22(12-8-20)14-17-15-23-9-2-1-4-18(23)21-17/h1-2,4,9,15,25H,3,5-8,10-14,16H2. The lowest BCUT2D eigenvalue weighted by molar-refractivity contribution is -0.139. The molecule has 1 N–H and O–H groups in total. The molecule has 0 saturated carbocycles. The summed E-state index contributed by atoms with van der Waals surface area (Å²) in [5, 5.41) is 9.06. The van der Waals surface area contributed by atoms with Crippen molar-refractivity contribution in [2.75, 3.05) is 32.8 Å². The molecule has 1 spiro atoms. The Morgan fingerprint density at radius 1 is 1.19 bits per heavy atom. The maximum atomic E-state index is 12.1. The van der Waals surface area contributed by atoms with Gasteiger partial charge in [-0.05, 0) is 56.3 Å². The molecule has 0 unspecified atom stereocenters. The van der Waals surface area contributed by atoms with E-state index in [1.807, 2.05) is 29.3 Å². The van der Waals surface area contributed by atoms with Crippen LogP contribution in [0.1, 0.15) is 37.8 Å². The first-order chi connectivity index (χ1) is 12.7. The molecule has 6 nitrogen and oxygen atoms in total. The third-order valence-corrected chi connectivity index (χ3v) is 6.05. The van der Waals surface area contributed by atoms with Crippen LogP contribution < -0.4 is 0 Å². The van der Waals surface area contributed by atoms with Crippen molar-refractivity contribution in [2.45, 2.75) is 38.6 Å². The van der Waals surface area contributed by atoms with Crippen LogP contribution in [0.3, 0.4) is 0 Å². The normalized spacial score (nSPS) is 21.0. The molecule has 0 atom stereocenters. The van der Waals surface area contributed by atoms with E-state index in [0.717, 1.165) is 56.8 Å². The van der Waals surface area contributed by atoms with Crippen LogP contribution in [0, 0.1) is 5.41 Å². The van der Waals surface area contributed by atoms with Gasteiger partial charge in [-0.25, -0.2) is 4.98 Å². The van der Waals surface area contributed by atoms with E-state index in [4.69, 9.17) is 10.1 Å². The predicted molar refractivity (Wildman–Crippen MR) is 99.7 cm³/mol. The number of carbonyl (C=O) groups is 1. The van der Waals surface area contributed by atoms with Gasteiger partial charge in [0.2, 0.25) is 5.91 Å². The summed E-state index contributed by atoms with van der Waals surface area (Å²) >= 11 is 0. The molecule has 2 aromatic rings. The van der Waals surface area contributed by atoms with Gasteiger partial charge in [-0.1, -0.05) is 6.07 Å². The minimum atomic E-state index is 0.156. The van der Waals surface area contributed by atoms with E-state index in [1.54, 1.807) is 0 Å². The lowest BCUT2D eigenvalue weighted by atomic mass is 9.72. The van der Waals surface area contributed by atoms with E-state index in [-0.39, 0.29) is 17.9 Å². The molecule has 2 aliphatic rings. The van der Waals surface area contributed by atoms with E-state index in [9.17, 15) is 4.79 Å². The number of carbonyl (C=O) groups excluding carboxylic acids is 1. The SMILES string of the molecule is O=C1CCC2(CCN(Cc3cn4ccccc4n3)CC2)CN1CCCO. The van der Waals surface area contributed by atoms with Crippen LogP contribution in [-0.4, -0.2) is 63.0 Å². The Hall–Kier alpha value is -1.92. The molecule has 0 aromatic carbocycles. The molecular formula is C20H28N4O2. The number of amides is 1. The maximum Gasteiger partial charge on any atom is 0.222 e. The van der Waals surface area contributed by atoms with Gasteiger partial charge in [-0.15, -0.1) is 0 Å². The Labute approximate surface area is 154 Å². The van der Waals surface area contributed by atoms with E-state index < -0.39 is 0 Å². The van der Waals surface area contributed by atoms with Crippen LogP contribution in [0.25, 0.3) is 5.65 Å². The van der Waals surface area contributed by atoms with Crippen LogP contribution in [0.15, 0.2) is 30.6 Å². The fourth-order valence-electron chi connectivity index (χ4n) is 4.45. The maximum absolute atomic E-state index is 12.1. The monoisotopic (exact) mass is 356 g/mol. The summed E-state index contributed by atoms with van der Waals surface area (Å²) in [6.07, 6.45) is 8.81. The average molecular weight is 356 g/mol. The molecule has 6 heteroatoms. The summed E-state index contributed by atoms with van der Waals surface area (Å²) in [5.41, 5.74) is 2.40. The highest BCUT2D eigenvalue weighted by Gasteiger charge is 2.40. The Kier molecular flexibility index (Phi) is 4.96. The van der Waals surface area contributed by atoms with Crippen LogP contribution >= 0.6 is 0 Å². The van der Waals surface area contributed by atoms with Crippen molar-refractivity contribution in [2.24, 2.45) is 5.41 Å². The fraction of sp³-hybridized carbons (Fsp3) is 0.600. The first-order valence-electron chi connectivity index (χ1n) is 9.71. The van der Waals surface area contributed by atoms with E-state index in [1.165, 1.54) is 0 Å². The summed E-state index contributed by atoms with van der Waals surface area (Å²) in [4.78, 5) is 21.3. The number of nitrogens with zero attached hydrogens (tertiary/aromatic N) is 4. The lowest BCUT2D eigenvalue weighted by Gasteiger charge is -2.47. The van der Waals surface area contributed by atoms with Crippen molar-refractivity contribution in [3.8, 4) is 0 Å². The highest BCUT2D eigenvalue weighted by molar-refractivity contribution is 5.77. The van der Waals surface area contributed by atoms with Gasteiger partial charge in [0, 0.05) is 45.1 Å². The highest BCUT2D eigenvalue weighted by Crippen LogP contribution is 2.40. The average Bonchev–Trinajstić information content (AvgIpc) is 3.07. The quantitative estimate of drug-likeness (QED) is 0.889. The number of aliphatic hydroxyl groups excluding tert-OH is 1. The van der Waals surface area contributed by atoms with Crippen LogP contribution in [0.2, 0.25) is 0 Å². The molecule has 2 aromatic heterocycles. The van der Waals surface area contributed by atoms with Crippen LogP contribution in [-0.2, 0) is 11.3 Å². The van der Waals surface area contributed by atoms with E-state index in [0.29, 0.717) is 19.4 Å². The van der Waals surface area contributed by atoms with Gasteiger partial charge >= 0.3 is 0 Å². The van der Waals surface area contributed by atoms with Crippen LogP contribution in [0.4, 0.5) is 0 Å². The molecular weight excluding hydrogens is 328 g/mol. The van der Waals surface area contributed by atoms with Crippen molar-refractivity contribution >= 4 is 11.6 Å². The number of hydrogen-bond donors (Lipinski definition) is 1. The second-order valence-corrected chi connectivity index (χ2v) is 7.87. The number of rotatable bonds is 5. The number of pyridine rings is 1.